The predicted octanol–water partition coefficient (Wildman–Crippen LogP) is 2.62. The average molecular weight is 131 g/mol. The summed E-state index contributed by atoms with van der Waals surface area (Å²) in [6, 6.07) is 0. The molecular weight excluding hydrogens is 117 g/mol. The molecule has 0 bridgehead atoms. The second kappa shape index (κ2) is 3.59. The first-order chi connectivity index (χ1) is 4.04. The molecule has 0 amide bonds. The van der Waals surface area contributed by atoms with Crippen molar-refractivity contribution < 1.29 is 4.39 Å². The predicted molar refractivity (Wildman–Crippen MR) is 37.5 cm³/mol. The van der Waals surface area contributed by atoms with Crippen molar-refractivity contribution >= 4 is 5.97 Å². The smallest absolute Gasteiger partial charge is 0.181 e. The first-order valence-electron chi connectivity index (χ1n) is 3.27. The van der Waals surface area contributed by atoms with Gasteiger partial charge in [0.15, 0.2) is 5.97 Å². The molecular formula is C7H14FN. The van der Waals surface area contributed by atoms with E-state index in [4.69, 9.17) is 5.41 Å². The van der Waals surface area contributed by atoms with E-state index in [0.29, 0.717) is 11.8 Å². The topological polar surface area (TPSA) is 23.9 Å². The Labute approximate surface area is 55.8 Å². The zero-order chi connectivity index (χ0) is 7.44. The standard InChI is InChI=1S/C7H14FN/c1-5(2)6(3)4-7(8)9/h5-6,9H,4H2,1-3H3. The highest BCUT2D eigenvalue weighted by Crippen LogP contribution is 2.14. The maximum absolute atomic E-state index is 11.9. The first kappa shape index (κ1) is 8.60. The van der Waals surface area contributed by atoms with Gasteiger partial charge >= 0.3 is 0 Å². The van der Waals surface area contributed by atoms with Crippen molar-refractivity contribution in [2.24, 2.45) is 11.8 Å². The molecule has 0 aromatic carbocycles. The Bertz CT molecular complexity index is 99.1. The van der Waals surface area contributed by atoms with Crippen LogP contribution in [0.1, 0.15) is 27.2 Å². The van der Waals surface area contributed by atoms with E-state index >= 15 is 0 Å². The maximum Gasteiger partial charge on any atom is 0.181 e. The lowest BCUT2D eigenvalue weighted by molar-refractivity contribution is 0.422. The monoisotopic (exact) mass is 131 g/mol. The summed E-state index contributed by atoms with van der Waals surface area (Å²) in [5.74, 6) is 0.0693. The Morgan fingerprint density at radius 3 is 2.00 bits per heavy atom. The fourth-order valence-corrected chi connectivity index (χ4v) is 0.518. The van der Waals surface area contributed by atoms with E-state index in [1.54, 1.807) is 0 Å². The molecule has 0 aliphatic carbocycles. The van der Waals surface area contributed by atoms with Crippen LogP contribution < -0.4 is 0 Å². The van der Waals surface area contributed by atoms with Gasteiger partial charge in [-0.15, -0.1) is 0 Å². The van der Waals surface area contributed by atoms with Crippen molar-refractivity contribution in [2.45, 2.75) is 27.2 Å². The summed E-state index contributed by atoms with van der Waals surface area (Å²) in [5, 5.41) is 6.55. The van der Waals surface area contributed by atoms with E-state index in [-0.39, 0.29) is 6.42 Å². The quantitative estimate of drug-likeness (QED) is 0.569. The van der Waals surface area contributed by atoms with Crippen molar-refractivity contribution in [2.75, 3.05) is 0 Å². The SMILES string of the molecule is CC(C)C(C)CC(=N)F. The van der Waals surface area contributed by atoms with E-state index in [2.05, 4.69) is 0 Å². The Hall–Kier alpha value is -0.400. The minimum Gasteiger partial charge on any atom is -0.278 e. The van der Waals surface area contributed by atoms with E-state index < -0.39 is 5.97 Å². The zero-order valence-electron chi connectivity index (χ0n) is 6.24. The first-order valence-corrected chi connectivity index (χ1v) is 3.27. The minimum atomic E-state index is -0.698. The summed E-state index contributed by atoms with van der Waals surface area (Å²) in [6.07, 6.45) is 0.289. The van der Waals surface area contributed by atoms with Gasteiger partial charge in [-0.25, -0.2) is 0 Å². The fourth-order valence-electron chi connectivity index (χ4n) is 0.518. The van der Waals surface area contributed by atoms with Crippen molar-refractivity contribution in [1.82, 2.24) is 0 Å². The largest absolute Gasteiger partial charge is 0.278 e. The second-order valence-corrected chi connectivity index (χ2v) is 2.83. The molecule has 2 heteroatoms. The van der Waals surface area contributed by atoms with Gasteiger partial charge in [-0.1, -0.05) is 20.8 Å². The third-order valence-electron chi connectivity index (χ3n) is 1.64. The van der Waals surface area contributed by atoms with Gasteiger partial charge in [0, 0.05) is 6.42 Å². The lowest BCUT2D eigenvalue weighted by atomic mass is 9.95. The van der Waals surface area contributed by atoms with E-state index in [1.165, 1.54) is 0 Å². The number of nitrogens with one attached hydrogen (secondary N) is 1. The van der Waals surface area contributed by atoms with Crippen molar-refractivity contribution in [3.63, 3.8) is 0 Å². The van der Waals surface area contributed by atoms with Gasteiger partial charge in [0.1, 0.15) is 0 Å². The fraction of sp³-hybridized carbons (Fsp3) is 0.857. The summed E-state index contributed by atoms with van der Waals surface area (Å²) >= 11 is 0. The molecule has 0 rings (SSSR count). The van der Waals surface area contributed by atoms with Crippen LogP contribution in [-0.4, -0.2) is 5.97 Å². The summed E-state index contributed by atoms with van der Waals surface area (Å²) in [7, 11) is 0. The van der Waals surface area contributed by atoms with Crippen molar-refractivity contribution in [3.8, 4) is 0 Å². The van der Waals surface area contributed by atoms with Gasteiger partial charge < -0.3 is 0 Å². The number of halogens is 1. The third kappa shape index (κ3) is 4.13. The van der Waals surface area contributed by atoms with Crippen LogP contribution in [0.3, 0.4) is 0 Å². The van der Waals surface area contributed by atoms with Gasteiger partial charge in [-0.3, -0.25) is 5.41 Å². The average Bonchev–Trinajstić information content (AvgIpc) is 1.63. The van der Waals surface area contributed by atoms with Crippen LogP contribution in [0.4, 0.5) is 4.39 Å². The van der Waals surface area contributed by atoms with E-state index in [1.807, 2.05) is 20.8 Å². The molecule has 1 atom stereocenters. The maximum atomic E-state index is 11.9. The highest BCUT2D eigenvalue weighted by Gasteiger charge is 2.08. The molecule has 0 radical (unpaired) electrons. The lowest BCUT2D eigenvalue weighted by Gasteiger charge is -2.11. The van der Waals surface area contributed by atoms with E-state index in [9.17, 15) is 4.39 Å². The Kier molecular flexibility index (Phi) is 3.43. The van der Waals surface area contributed by atoms with Crippen LogP contribution in [0.5, 0.6) is 0 Å². The molecule has 0 aromatic rings. The number of hydrogen-bond donors (Lipinski definition) is 1. The van der Waals surface area contributed by atoms with Gasteiger partial charge in [-0.2, -0.15) is 4.39 Å². The number of hydrogen-bond acceptors (Lipinski definition) is 1. The highest BCUT2D eigenvalue weighted by molar-refractivity contribution is 5.71. The van der Waals surface area contributed by atoms with Crippen LogP contribution in [0.15, 0.2) is 0 Å². The molecule has 9 heavy (non-hydrogen) atoms. The Morgan fingerprint density at radius 2 is 1.89 bits per heavy atom. The summed E-state index contributed by atoms with van der Waals surface area (Å²) in [5.41, 5.74) is 0. The normalized spacial score (nSPS) is 13.9. The van der Waals surface area contributed by atoms with Crippen LogP contribution in [-0.2, 0) is 0 Å². The molecule has 0 spiro atoms. The van der Waals surface area contributed by atoms with Crippen LogP contribution in [0.25, 0.3) is 0 Å². The molecule has 1 unspecified atom stereocenters. The van der Waals surface area contributed by atoms with Gasteiger partial charge in [0.2, 0.25) is 0 Å². The number of rotatable bonds is 3. The van der Waals surface area contributed by atoms with Crippen molar-refractivity contribution in [1.29, 1.82) is 5.41 Å². The molecule has 0 aromatic heterocycles. The second-order valence-electron chi connectivity index (χ2n) is 2.83. The summed E-state index contributed by atoms with van der Waals surface area (Å²) < 4.78 is 11.9. The molecule has 0 aliphatic rings. The van der Waals surface area contributed by atoms with Crippen LogP contribution in [0, 0.1) is 17.2 Å². The van der Waals surface area contributed by atoms with Gasteiger partial charge in [0.25, 0.3) is 0 Å². The minimum absolute atomic E-state index is 0.289. The van der Waals surface area contributed by atoms with Crippen LogP contribution >= 0.6 is 0 Å². The zero-order valence-corrected chi connectivity index (χ0v) is 6.24. The molecule has 0 saturated heterocycles. The van der Waals surface area contributed by atoms with E-state index in [0.717, 1.165) is 0 Å². The Morgan fingerprint density at radius 1 is 1.44 bits per heavy atom. The highest BCUT2D eigenvalue weighted by atomic mass is 19.1. The van der Waals surface area contributed by atoms with Crippen LogP contribution in [0.2, 0.25) is 0 Å². The molecule has 0 heterocycles. The Balaban J connectivity index is 3.50. The molecule has 0 aliphatic heterocycles. The van der Waals surface area contributed by atoms with Crippen molar-refractivity contribution in [3.05, 3.63) is 0 Å². The molecule has 0 saturated carbocycles. The molecule has 0 fully saturated rings. The summed E-state index contributed by atoms with van der Waals surface area (Å²) in [4.78, 5) is 0. The lowest BCUT2D eigenvalue weighted by Crippen LogP contribution is -2.06. The molecule has 54 valence electrons. The van der Waals surface area contributed by atoms with Gasteiger partial charge in [-0.05, 0) is 11.8 Å². The molecule has 1 nitrogen and oxygen atoms in total. The van der Waals surface area contributed by atoms with Gasteiger partial charge in [0.05, 0.1) is 0 Å². The third-order valence-corrected chi connectivity index (χ3v) is 1.64. The molecule has 1 N–H and O–H groups in total. The summed E-state index contributed by atoms with van der Waals surface area (Å²) in [6.45, 7) is 6.03.